The fraction of sp³-hybridized carbons (Fsp3) is 0.688. The van der Waals surface area contributed by atoms with Crippen LogP contribution < -0.4 is 5.19 Å². The number of rotatable bonds is 19. The fourth-order valence-electron chi connectivity index (χ4n) is 6.00. The summed E-state index contributed by atoms with van der Waals surface area (Å²) < 4.78 is 0. The molecule has 1 aliphatic rings. The van der Waals surface area contributed by atoms with Gasteiger partial charge in [0.2, 0.25) is 0 Å². The van der Waals surface area contributed by atoms with Crippen molar-refractivity contribution >= 4 is 13.3 Å². The number of benzene rings is 1. The second kappa shape index (κ2) is 16.5. The lowest BCUT2D eigenvalue weighted by molar-refractivity contribution is 0.531. The van der Waals surface area contributed by atoms with Crippen LogP contribution in [0, 0.1) is 0 Å². The molecule has 0 saturated carbocycles. The third kappa shape index (κ3) is 9.97. The molecule has 0 fully saturated rings. The van der Waals surface area contributed by atoms with E-state index in [9.17, 15) is 0 Å². The van der Waals surface area contributed by atoms with Crippen LogP contribution in [0.1, 0.15) is 130 Å². The Labute approximate surface area is 208 Å². The molecule has 0 amide bonds. The van der Waals surface area contributed by atoms with E-state index >= 15 is 0 Å². The molecule has 0 spiro atoms. The zero-order chi connectivity index (χ0) is 23.8. The summed E-state index contributed by atoms with van der Waals surface area (Å²) in [6, 6.07) is 12.9. The summed E-state index contributed by atoms with van der Waals surface area (Å²) in [5, 5.41) is 3.39. The van der Waals surface area contributed by atoms with E-state index in [0.717, 1.165) is 0 Å². The van der Waals surface area contributed by atoms with Gasteiger partial charge >= 0.3 is 0 Å². The molecule has 0 bridgehead atoms. The molecule has 1 aromatic carbocycles. The Kier molecular flexibility index (Phi) is 14.1. The van der Waals surface area contributed by atoms with E-state index in [1.807, 2.05) is 0 Å². The van der Waals surface area contributed by atoms with Gasteiger partial charge in [-0.05, 0) is 26.3 Å². The van der Waals surface area contributed by atoms with Crippen molar-refractivity contribution in [3.63, 3.8) is 0 Å². The summed E-state index contributed by atoms with van der Waals surface area (Å²) in [4.78, 5) is 0. The van der Waals surface area contributed by atoms with Crippen LogP contribution in [0.15, 0.2) is 52.8 Å². The average Bonchev–Trinajstić information content (AvgIpc) is 3.17. The molecule has 0 N–H and O–H groups in total. The van der Waals surface area contributed by atoms with Crippen molar-refractivity contribution in [3.05, 3.63) is 52.8 Å². The lowest BCUT2D eigenvalue weighted by atomic mass is 10.0. The van der Waals surface area contributed by atoms with Crippen LogP contribution in [0.4, 0.5) is 0 Å². The van der Waals surface area contributed by atoms with Crippen LogP contribution in [-0.2, 0) is 0 Å². The minimum atomic E-state index is -1.61. The van der Waals surface area contributed by atoms with Gasteiger partial charge in [0.15, 0.2) is 0 Å². The van der Waals surface area contributed by atoms with E-state index in [4.69, 9.17) is 0 Å². The Balaban J connectivity index is 1.57. The van der Waals surface area contributed by atoms with Crippen LogP contribution in [-0.4, -0.2) is 8.07 Å². The Morgan fingerprint density at radius 2 is 1.09 bits per heavy atom. The van der Waals surface area contributed by atoms with E-state index in [0.29, 0.717) is 0 Å². The van der Waals surface area contributed by atoms with Gasteiger partial charge in [-0.25, -0.2) is 0 Å². The number of hydrogen-bond donors (Lipinski definition) is 0. The first-order valence-corrected chi connectivity index (χ1v) is 17.2. The highest BCUT2D eigenvalue weighted by Crippen LogP contribution is 2.36. The molecule has 1 atom stereocenters. The molecule has 1 heteroatoms. The van der Waals surface area contributed by atoms with Gasteiger partial charge in [-0.3, -0.25) is 0 Å². The van der Waals surface area contributed by atoms with Crippen LogP contribution in [0.2, 0.25) is 12.6 Å². The normalized spacial score (nSPS) is 15.7. The molecule has 0 aromatic heterocycles. The van der Waals surface area contributed by atoms with Gasteiger partial charge in [-0.2, -0.15) is 0 Å². The van der Waals surface area contributed by atoms with Crippen molar-refractivity contribution in [1.29, 1.82) is 0 Å². The predicted octanol–water partition coefficient (Wildman–Crippen LogP) is 10.4. The van der Waals surface area contributed by atoms with E-state index in [-0.39, 0.29) is 0 Å². The molecule has 1 aromatic rings. The largest absolute Gasteiger partial charge is 0.115 e. The maximum Gasteiger partial charge on any atom is 0.115 e. The molecular weight excluding hydrogens is 412 g/mol. The van der Waals surface area contributed by atoms with E-state index in [1.54, 1.807) is 21.5 Å². The summed E-state index contributed by atoms with van der Waals surface area (Å²) in [7, 11) is -1.61. The summed E-state index contributed by atoms with van der Waals surface area (Å²) in [5.74, 6) is 0. The van der Waals surface area contributed by atoms with Gasteiger partial charge in [0.25, 0.3) is 0 Å². The molecule has 186 valence electrons. The van der Waals surface area contributed by atoms with Gasteiger partial charge < -0.3 is 0 Å². The third-order valence-corrected chi connectivity index (χ3v) is 12.9. The monoisotopic (exact) mass is 466 g/mol. The molecule has 0 nitrogen and oxygen atoms in total. The molecule has 1 aliphatic carbocycles. The first-order valence-electron chi connectivity index (χ1n) is 14.5. The van der Waals surface area contributed by atoms with Crippen molar-refractivity contribution in [2.75, 3.05) is 0 Å². The highest BCUT2D eigenvalue weighted by atomic mass is 28.3. The van der Waals surface area contributed by atoms with Crippen LogP contribution in [0.25, 0.3) is 0 Å². The number of allylic oxidation sites excluding steroid dienone is 4. The quantitative estimate of drug-likeness (QED) is 0.140. The van der Waals surface area contributed by atoms with E-state index in [1.165, 1.54) is 115 Å². The van der Waals surface area contributed by atoms with Crippen molar-refractivity contribution in [2.24, 2.45) is 0 Å². The van der Waals surface area contributed by atoms with Gasteiger partial charge in [0.05, 0.1) is 0 Å². The zero-order valence-electron chi connectivity index (χ0n) is 22.7. The molecule has 0 radical (unpaired) electrons. The summed E-state index contributed by atoms with van der Waals surface area (Å²) in [6.45, 7) is 9.67. The van der Waals surface area contributed by atoms with E-state index in [2.05, 4.69) is 63.7 Å². The second-order valence-corrected chi connectivity index (χ2v) is 15.2. The lowest BCUT2D eigenvalue weighted by Crippen LogP contribution is -2.47. The van der Waals surface area contributed by atoms with Crippen molar-refractivity contribution in [1.82, 2.24) is 0 Å². The molecule has 0 heterocycles. The summed E-state index contributed by atoms with van der Waals surface area (Å²) >= 11 is 0. The molecular formula is C32H54Si. The summed E-state index contributed by atoms with van der Waals surface area (Å²) in [5.41, 5.74) is 3.21. The maximum atomic E-state index is 2.63. The number of hydrogen-bond acceptors (Lipinski definition) is 0. The molecule has 33 heavy (non-hydrogen) atoms. The minimum Gasteiger partial charge on any atom is -0.0776 e. The van der Waals surface area contributed by atoms with Gasteiger partial charge in [0, 0.05) is 0 Å². The minimum absolute atomic E-state index is 1.18. The van der Waals surface area contributed by atoms with Gasteiger partial charge in [-0.15, -0.1) is 0 Å². The maximum absolute atomic E-state index is 2.63. The lowest BCUT2D eigenvalue weighted by Gasteiger charge is -2.32. The molecule has 1 unspecified atom stereocenters. The van der Waals surface area contributed by atoms with Gasteiger partial charge in [0.1, 0.15) is 8.07 Å². The molecule has 2 rings (SSSR count). The Bertz CT molecular complexity index is 698. The zero-order valence-corrected chi connectivity index (χ0v) is 23.7. The molecule has 0 saturated heterocycles. The van der Waals surface area contributed by atoms with Crippen molar-refractivity contribution in [2.45, 2.75) is 143 Å². The highest BCUT2D eigenvalue weighted by molar-refractivity contribution is 6.97. The average molecular weight is 467 g/mol. The standard InChI is InChI=1S/C32H54Si/c1-5-6-7-8-9-10-11-12-13-14-15-16-17-18-19-23-28-33(4,31-24-21-20-22-25-31)32-29(2)26-27-30(32)3/h20-22,24-26H,5-19,23,27-28H2,1-4H3. The Morgan fingerprint density at radius 3 is 1.52 bits per heavy atom. The smallest absolute Gasteiger partial charge is 0.0776 e. The van der Waals surface area contributed by atoms with Gasteiger partial charge in [-0.1, -0.05) is 174 Å². The Hall–Kier alpha value is -1.08. The fourth-order valence-corrected chi connectivity index (χ4v) is 10.7. The SMILES string of the molecule is CCCCCCCCCCCCCCCCCC[Si](C)(C1=C(C)CC=C1C)c1ccccc1. The molecule has 0 aliphatic heterocycles. The topological polar surface area (TPSA) is 0 Å². The predicted molar refractivity (Wildman–Crippen MR) is 153 cm³/mol. The third-order valence-electron chi connectivity index (χ3n) is 8.03. The highest BCUT2D eigenvalue weighted by Gasteiger charge is 2.36. The van der Waals surface area contributed by atoms with Crippen molar-refractivity contribution in [3.8, 4) is 0 Å². The van der Waals surface area contributed by atoms with E-state index < -0.39 is 8.07 Å². The first kappa shape index (κ1) is 28.2. The summed E-state index contributed by atoms with van der Waals surface area (Å²) in [6.07, 6.45) is 26.8. The van der Waals surface area contributed by atoms with Crippen LogP contribution in [0.3, 0.4) is 0 Å². The Morgan fingerprint density at radius 1 is 0.636 bits per heavy atom. The first-order chi connectivity index (χ1) is 16.1. The van der Waals surface area contributed by atoms with Crippen LogP contribution >= 0.6 is 0 Å². The van der Waals surface area contributed by atoms with Crippen LogP contribution in [0.5, 0.6) is 0 Å². The number of unbranched alkanes of at least 4 members (excludes halogenated alkanes) is 15. The second-order valence-electron chi connectivity index (χ2n) is 11.0. The van der Waals surface area contributed by atoms with Crippen molar-refractivity contribution < 1.29 is 0 Å².